The van der Waals surface area contributed by atoms with Crippen LogP contribution in [-0.2, 0) is 6.61 Å². The minimum Gasteiger partial charge on any atom is -0.392 e. The highest BCUT2D eigenvalue weighted by atomic mass is 16.3. The normalized spacial score (nSPS) is 11.0. The highest BCUT2D eigenvalue weighted by Crippen LogP contribution is 2.26. The summed E-state index contributed by atoms with van der Waals surface area (Å²) >= 11 is 0. The van der Waals surface area contributed by atoms with E-state index in [0.29, 0.717) is 16.9 Å². The van der Waals surface area contributed by atoms with Gasteiger partial charge in [0.25, 0.3) is 5.91 Å². The molecule has 2 aromatic heterocycles. The summed E-state index contributed by atoms with van der Waals surface area (Å²) in [5.74, 6) is 0.421. The molecule has 0 radical (unpaired) electrons. The average Bonchev–Trinajstić information content (AvgIpc) is 3.14. The summed E-state index contributed by atoms with van der Waals surface area (Å²) in [6.07, 6.45) is 5.51. The molecular formula is C22H20N4O2. The van der Waals surface area contributed by atoms with Crippen LogP contribution in [0.15, 0.2) is 61.1 Å². The summed E-state index contributed by atoms with van der Waals surface area (Å²) in [7, 11) is 0. The Hall–Kier alpha value is -3.51. The summed E-state index contributed by atoms with van der Waals surface area (Å²) in [6, 6.07) is 13.1. The topological polar surface area (TPSA) is 79.5 Å². The van der Waals surface area contributed by atoms with Crippen molar-refractivity contribution in [3.05, 3.63) is 83.3 Å². The van der Waals surface area contributed by atoms with Gasteiger partial charge in [0.2, 0.25) is 5.78 Å². The molecule has 140 valence electrons. The molecule has 0 fully saturated rings. The number of carbonyl (C=O) groups is 1. The fraction of sp³-hybridized carbons (Fsp3) is 0.136. The van der Waals surface area contributed by atoms with Gasteiger partial charge >= 0.3 is 0 Å². The number of anilines is 1. The molecule has 6 heteroatoms. The molecule has 1 amide bonds. The Morgan fingerprint density at radius 2 is 1.96 bits per heavy atom. The average molecular weight is 372 g/mol. The molecule has 0 unspecified atom stereocenters. The number of aromatic nitrogens is 3. The van der Waals surface area contributed by atoms with Gasteiger partial charge in [-0.1, -0.05) is 24.3 Å². The highest BCUT2D eigenvalue weighted by Gasteiger charge is 2.13. The number of hydrogen-bond acceptors (Lipinski definition) is 4. The van der Waals surface area contributed by atoms with E-state index in [0.717, 1.165) is 28.1 Å². The van der Waals surface area contributed by atoms with E-state index in [-0.39, 0.29) is 12.5 Å². The van der Waals surface area contributed by atoms with Crippen LogP contribution in [0.2, 0.25) is 0 Å². The van der Waals surface area contributed by atoms with Crippen molar-refractivity contribution in [2.75, 3.05) is 5.32 Å². The number of imidazole rings is 1. The van der Waals surface area contributed by atoms with Crippen molar-refractivity contribution >= 4 is 17.4 Å². The third-order valence-electron chi connectivity index (χ3n) is 4.75. The van der Waals surface area contributed by atoms with Crippen molar-refractivity contribution in [2.24, 2.45) is 0 Å². The molecule has 0 aliphatic carbocycles. The van der Waals surface area contributed by atoms with Gasteiger partial charge in [-0.25, -0.2) is 9.97 Å². The molecule has 6 nitrogen and oxygen atoms in total. The van der Waals surface area contributed by atoms with E-state index < -0.39 is 0 Å². The molecule has 0 saturated carbocycles. The lowest BCUT2D eigenvalue weighted by atomic mass is 10.0. The third-order valence-corrected chi connectivity index (χ3v) is 4.75. The second-order valence-electron chi connectivity index (χ2n) is 6.74. The summed E-state index contributed by atoms with van der Waals surface area (Å²) in [5.41, 5.74) is 5.47. The van der Waals surface area contributed by atoms with E-state index in [2.05, 4.69) is 15.3 Å². The van der Waals surface area contributed by atoms with Crippen LogP contribution in [0, 0.1) is 13.8 Å². The molecule has 4 rings (SSSR count). The summed E-state index contributed by atoms with van der Waals surface area (Å²) in [5, 5.41) is 12.3. The zero-order valence-corrected chi connectivity index (χ0v) is 15.7. The predicted molar refractivity (Wildman–Crippen MR) is 108 cm³/mol. The van der Waals surface area contributed by atoms with Crippen molar-refractivity contribution in [1.82, 2.24) is 14.4 Å². The standard InChI is InChI=1S/C22H20N4O2/c1-14-4-6-16(13-27)10-18(14)21(28)24-19-11-17(7-5-15(19)2)20-12-26-9-3-8-23-22(26)25-20/h3-12,27H,13H2,1-2H3,(H,24,28). The molecule has 2 heterocycles. The number of benzene rings is 2. The summed E-state index contributed by atoms with van der Waals surface area (Å²) in [4.78, 5) is 21.6. The van der Waals surface area contributed by atoms with Crippen LogP contribution >= 0.6 is 0 Å². The molecule has 0 bridgehead atoms. The van der Waals surface area contributed by atoms with Crippen LogP contribution < -0.4 is 5.32 Å². The van der Waals surface area contributed by atoms with Crippen LogP contribution in [0.3, 0.4) is 0 Å². The number of aryl methyl sites for hydroxylation is 2. The minimum absolute atomic E-state index is 0.100. The molecule has 0 aliphatic heterocycles. The second-order valence-corrected chi connectivity index (χ2v) is 6.74. The monoisotopic (exact) mass is 372 g/mol. The lowest BCUT2D eigenvalue weighted by Gasteiger charge is -2.12. The van der Waals surface area contributed by atoms with E-state index >= 15 is 0 Å². The zero-order valence-electron chi connectivity index (χ0n) is 15.7. The van der Waals surface area contributed by atoms with Gasteiger partial charge in [-0.3, -0.25) is 9.20 Å². The Labute approximate surface area is 162 Å². The molecule has 2 N–H and O–H groups in total. The lowest BCUT2D eigenvalue weighted by molar-refractivity contribution is 0.102. The maximum Gasteiger partial charge on any atom is 0.255 e. The lowest BCUT2D eigenvalue weighted by Crippen LogP contribution is -2.14. The fourth-order valence-corrected chi connectivity index (χ4v) is 3.09. The Morgan fingerprint density at radius 1 is 1.14 bits per heavy atom. The largest absolute Gasteiger partial charge is 0.392 e. The molecule has 28 heavy (non-hydrogen) atoms. The Balaban J connectivity index is 1.67. The summed E-state index contributed by atoms with van der Waals surface area (Å²) < 4.78 is 1.86. The fourth-order valence-electron chi connectivity index (χ4n) is 3.09. The Kier molecular flexibility index (Phi) is 4.63. The Bertz CT molecular complexity index is 1150. The van der Waals surface area contributed by atoms with Gasteiger partial charge in [0, 0.05) is 35.4 Å². The van der Waals surface area contributed by atoms with Crippen molar-refractivity contribution in [2.45, 2.75) is 20.5 Å². The molecule has 2 aromatic carbocycles. The number of carbonyl (C=O) groups excluding carboxylic acids is 1. The predicted octanol–water partition coefficient (Wildman–Crippen LogP) is 3.76. The number of nitrogens with one attached hydrogen (secondary N) is 1. The van der Waals surface area contributed by atoms with Gasteiger partial charge in [0.05, 0.1) is 12.3 Å². The van der Waals surface area contributed by atoms with E-state index in [1.807, 2.05) is 67.0 Å². The van der Waals surface area contributed by atoms with Crippen LogP contribution in [-0.4, -0.2) is 25.4 Å². The van der Waals surface area contributed by atoms with Crippen LogP contribution in [0.5, 0.6) is 0 Å². The van der Waals surface area contributed by atoms with Gasteiger partial charge in [-0.05, 0) is 48.7 Å². The van der Waals surface area contributed by atoms with Crippen molar-refractivity contribution in [3.8, 4) is 11.3 Å². The van der Waals surface area contributed by atoms with E-state index in [1.54, 1.807) is 12.3 Å². The number of nitrogens with zero attached hydrogens (tertiary/aromatic N) is 3. The SMILES string of the molecule is Cc1ccc(-c2cn3cccnc3n2)cc1NC(=O)c1cc(CO)ccc1C. The Morgan fingerprint density at radius 3 is 2.75 bits per heavy atom. The molecule has 0 saturated heterocycles. The van der Waals surface area contributed by atoms with Crippen molar-refractivity contribution in [1.29, 1.82) is 0 Å². The number of fused-ring (bicyclic) bond motifs is 1. The first kappa shape index (κ1) is 17.9. The molecule has 4 aromatic rings. The first-order valence-electron chi connectivity index (χ1n) is 8.97. The van der Waals surface area contributed by atoms with Crippen LogP contribution in [0.25, 0.3) is 17.0 Å². The second kappa shape index (κ2) is 7.25. The molecular weight excluding hydrogens is 352 g/mol. The number of rotatable bonds is 4. The molecule has 0 spiro atoms. The zero-order chi connectivity index (χ0) is 19.7. The third kappa shape index (κ3) is 3.37. The van der Waals surface area contributed by atoms with Gasteiger partial charge < -0.3 is 10.4 Å². The van der Waals surface area contributed by atoms with Gasteiger partial charge in [0.1, 0.15) is 0 Å². The van der Waals surface area contributed by atoms with Crippen LogP contribution in [0.4, 0.5) is 5.69 Å². The van der Waals surface area contributed by atoms with E-state index in [1.165, 1.54) is 0 Å². The summed E-state index contributed by atoms with van der Waals surface area (Å²) in [6.45, 7) is 3.72. The first-order valence-corrected chi connectivity index (χ1v) is 8.97. The van der Waals surface area contributed by atoms with E-state index in [4.69, 9.17) is 0 Å². The smallest absolute Gasteiger partial charge is 0.255 e. The quantitative estimate of drug-likeness (QED) is 0.572. The number of hydrogen-bond donors (Lipinski definition) is 2. The van der Waals surface area contributed by atoms with Gasteiger partial charge in [-0.2, -0.15) is 0 Å². The maximum atomic E-state index is 12.8. The van der Waals surface area contributed by atoms with E-state index in [9.17, 15) is 9.90 Å². The minimum atomic E-state index is -0.204. The maximum absolute atomic E-state index is 12.8. The number of amides is 1. The van der Waals surface area contributed by atoms with Crippen molar-refractivity contribution < 1.29 is 9.90 Å². The van der Waals surface area contributed by atoms with Crippen molar-refractivity contribution in [3.63, 3.8) is 0 Å². The van der Waals surface area contributed by atoms with Gasteiger partial charge in [0.15, 0.2) is 0 Å². The molecule has 0 aliphatic rings. The van der Waals surface area contributed by atoms with Gasteiger partial charge in [-0.15, -0.1) is 0 Å². The number of aliphatic hydroxyl groups excluding tert-OH is 1. The first-order chi connectivity index (χ1) is 13.5. The number of aliphatic hydroxyl groups is 1. The van der Waals surface area contributed by atoms with Crippen LogP contribution in [0.1, 0.15) is 27.0 Å². The molecule has 0 atom stereocenters. The highest BCUT2D eigenvalue weighted by molar-refractivity contribution is 6.06.